The summed E-state index contributed by atoms with van der Waals surface area (Å²) < 4.78 is 10.8. The summed E-state index contributed by atoms with van der Waals surface area (Å²) in [4.78, 5) is 14.2. The molecule has 0 aliphatic carbocycles. The highest BCUT2D eigenvalue weighted by Crippen LogP contribution is 2.28. The number of fused-ring (bicyclic) bond motifs is 1. The molecule has 0 radical (unpaired) electrons. The highest BCUT2D eigenvalue weighted by atomic mass is 32.1. The van der Waals surface area contributed by atoms with Gasteiger partial charge in [-0.2, -0.15) is 13.5 Å². The maximum Gasteiger partial charge on any atom is 0.337 e. The third kappa shape index (κ3) is 4.59. The van der Waals surface area contributed by atoms with Crippen LogP contribution >= 0.6 is 13.5 Å². The molecule has 2 aromatic carbocycles. The molecule has 0 fully saturated rings. The Bertz CT molecular complexity index is 745. The van der Waals surface area contributed by atoms with Crippen molar-refractivity contribution in [3.63, 3.8) is 0 Å². The molecule has 26 heavy (non-hydrogen) atoms. The van der Waals surface area contributed by atoms with Gasteiger partial charge < -0.3 is 9.47 Å². The van der Waals surface area contributed by atoms with Crippen molar-refractivity contribution in [2.24, 2.45) is 0 Å². The second-order valence-corrected chi connectivity index (χ2v) is 6.58. The lowest BCUT2D eigenvalue weighted by molar-refractivity contribution is 0.0600. The molecule has 0 bridgehead atoms. The minimum absolute atomic E-state index is 0. The van der Waals surface area contributed by atoms with Crippen LogP contribution in [-0.2, 0) is 17.8 Å². The molecule has 0 amide bonds. The summed E-state index contributed by atoms with van der Waals surface area (Å²) in [6.07, 6.45) is 1.02. The van der Waals surface area contributed by atoms with Gasteiger partial charge in [0.15, 0.2) is 0 Å². The van der Waals surface area contributed by atoms with Gasteiger partial charge in [-0.1, -0.05) is 42.8 Å². The minimum Gasteiger partial charge on any atom is -0.492 e. The maximum atomic E-state index is 11.8. The molecule has 1 aliphatic rings. The van der Waals surface area contributed by atoms with Crippen LogP contribution in [0.1, 0.15) is 40.4 Å². The summed E-state index contributed by atoms with van der Waals surface area (Å²) in [6.45, 7) is 6.61. The third-order valence-electron chi connectivity index (χ3n) is 4.79. The van der Waals surface area contributed by atoms with E-state index in [-0.39, 0.29) is 19.5 Å². The summed E-state index contributed by atoms with van der Waals surface area (Å²) in [5.74, 6) is 0.451. The first-order valence-corrected chi connectivity index (χ1v) is 8.74. The van der Waals surface area contributed by atoms with Gasteiger partial charge in [0, 0.05) is 24.7 Å². The number of carbonyl (C=O) groups excluding carboxylic acids is 1. The average Bonchev–Trinajstić information content (AvgIpc) is 2.81. The molecule has 2 aromatic rings. The first-order valence-electron chi connectivity index (χ1n) is 8.74. The van der Waals surface area contributed by atoms with Crippen LogP contribution in [0.25, 0.3) is 0 Å². The second-order valence-electron chi connectivity index (χ2n) is 6.58. The Balaban J connectivity index is 0.00000243. The van der Waals surface area contributed by atoms with E-state index >= 15 is 0 Å². The zero-order chi connectivity index (χ0) is 17.8. The van der Waals surface area contributed by atoms with Crippen LogP contribution in [0.3, 0.4) is 0 Å². The molecular weight excluding hydrogens is 346 g/mol. The molecule has 140 valence electrons. The Morgan fingerprint density at radius 1 is 1.23 bits per heavy atom. The number of carbonyl (C=O) groups is 1. The van der Waals surface area contributed by atoms with Crippen LogP contribution < -0.4 is 4.74 Å². The van der Waals surface area contributed by atoms with Crippen molar-refractivity contribution in [2.75, 3.05) is 13.7 Å². The number of methoxy groups -OCH3 is 1. The first-order chi connectivity index (χ1) is 12.1. The summed E-state index contributed by atoms with van der Waals surface area (Å²) in [5, 5.41) is 0. The van der Waals surface area contributed by atoms with Gasteiger partial charge in [-0.15, -0.1) is 0 Å². The molecule has 5 heteroatoms. The van der Waals surface area contributed by atoms with E-state index in [1.165, 1.54) is 18.2 Å². The van der Waals surface area contributed by atoms with Crippen molar-refractivity contribution in [3.8, 4) is 5.75 Å². The molecule has 3 rings (SSSR count). The van der Waals surface area contributed by atoms with Crippen molar-refractivity contribution in [3.05, 3.63) is 64.7 Å². The van der Waals surface area contributed by atoms with E-state index in [0.717, 1.165) is 30.8 Å². The van der Waals surface area contributed by atoms with E-state index in [0.29, 0.717) is 18.2 Å². The number of nitrogens with zero attached hydrogens (tertiary/aromatic N) is 1. The first kappa shape index (κ1) is 20.3. The van der Waals surface area contributed by atoms with Crippen LogP contribution in [0.15, 0.2) is 42.5 Å². The normalized spacial score (nSPS) is 16.7. The number of rotatable bonds is 4. The lowest BCUT2D eigenvalue weighted by Gasteiger charge is -2.28. The number of hydrogen-bond acceptors (Lipinski definition) is 4. The highest BCUT2D eigenvalue weighted by Gasteiger charge is 2.24. The lowest BCUT2D eigenvalue weighted by Crippen LogP contribution is -2.36. The quantitative estimate of drug-likeness (QED) is 0.758. The zero-order valence-corrected chi connectivity index (χ0v) is 16.6. The molecule has 0 saturated carbocycles. The minimum atomic E-state index is -0.334. The van der Waals surface area contributed by atoms with Crippen molar-refractivity contribution in [1.82, 2.24) is 4.90 Å². The van der Waals surface area contributed by atoms with Gasteiger partial charge in [0.2, 0.25) is 0 Å². The van der Waals surface area contributed by atoms with E-state index in [9.17, 15) is 4.79 Å². The van der Waals surface area contributed by atoms with Gasteiger partial charge in [-0.3, -0.25) is 4.90 Å². The molecule has 1 heterocycles. The Kier molecular flexibility index (Phi) is 7.12. The third-order valence-corrected chi connectivity index (χ3v) is 4.79. The molecule has 4 nitrogen and oxygen atoms in total. The van der Waals surface area contributed by atoms with Gasteiger partial charge >= 0.3 is 5.97 Å². The number of aryl methyl sites for hydroxylation is 1. The fourth-order valence-corrected chi connectivity index (χ4v) is 3.19. The molecule has 0 spiro atoms. The summed E-state index contributed by atoms with van der Waals surface area (Å²) in [5.41, 5.74) is 4.21. The molecule has 0 saturated heterocycles. The molecule has 0 aromatic heterocycles. The van der Waals surface area contributed by atoms with Gasteiger partial charge in [0.05, 0.1) is 12.7 Å². The van der Waals surface area contributed by atoms with Gasteiger partial charge in [0.1, 0.15) is 12.4 Å². The summed E-state index contributed by atoms with van der Waals surface area (Å²) in [7, 11) is 1.39. The van der Waals surface area contributed by atoms with Crippen molar-refractivity contribution < 1.29 is 14.3 Å². The van der Waals surface area contributed by atoms with Crippen molar-refractivity contribution >= 4 is 19.5 Å². The molecule has 1 aliphatic heterocycles. The fraction of sp³-hybridized carbons (Fsp3) is 0.381. The SMILES string of the molecule is CC[C@H]1COc2cc(C(=O)OC)ccc2CN1Cc1ccc(C)cc1.S. The molecule has 0 unspecified atom stereocenters. The van der Waals surface area contributed by atoms with Crippen LogP contribution in [-0.4, -0.2) is 30.6 Å². The molecule has 1 atom stereocenters. The van der Waals surface area contributed by atoms with Crippen LogP contribution in [0.2, 0.25) is 0 Å². The van der Waals surface area contributed by atoms with Crippen LogP contribution in [0, 0.1) is 6.92 Å². The van der Waals surface area contributed by atoms with E-state index in [1.807, 2.05) is 12.1 Å². The largest absolute Gasteiger partial charge is 0.492 e. The Morgan fingerprint density at radius 2 is 1.96 bits per heavy atom. The smallest absolute Gasteiger partial charge is 0.337 e. The van der Waals surface area contributed by atoms with Crippen molar-refractivity contribution in [2.45, 2.75) is 39.4 Å². The summed E-state index contributed by atoms with van der Waals surface area (Å²) in [6, 6.07) is 14.6. The van der Waals surface area contributed by atoms with Gasteiger partial charge in [-0.05, 0) is 31.0 Å². The standard InChI is InChI=1S/C21H25NO3.H2S/c1-4-19-14-25-20-11-17(21(23)24-3)9-10-18(20)13-22(19)12-16-7-5-15(2)6-8-16;/h5-11,19H,4,12-14H2,1-3H3;1H2/t19-;/m0./s1. The van der Waals surface area contributed by atoms with Crippen LogP contribution in [0.4, 0.5) is 0 Å². The average molecular weight is 374 g/mol. The Hall–Kier alpha value is -1.98. The number of esters is 1. The molecular formula is C21H27NO3S. The zero-order valence-electron chi connectivity index (χ0n) is 15.6. The van der Waals surface area contributed by atoms with E-state index in [1.54, 1.807) is 6.07 Å². The topological polar surface area (TPSA) is 38.8 Å². The predicted octanol–water partition coefficient (Wildman–Crippen LogP) is 4.07. The summed E-state index contributed by atoms with van der Waals surface area (Å²) >= 11 is 0. The second kappa shape index (κ2) is 9.10. The van der Waals surface area contributed by atoms with Crippen LogP contribution in [0.5, 0.6) is 5.75 Å². The van der Waals surface area contributed by atoms with Gasteiger partial charge in [-0.25, -0.2) is 4.79 Å². The van der Waals surface area contributed by atoms with Gasteiger partial charge in [0.25, 0.3) is 0 Å². The number of benzene rings is 2. The number of hydrogen-bond donors (Lipinski definition) is 0. The maximum absolute atomic E-state index is 11.8. The monoisotopic (exact) mass is 373 g/mol. The van der Waals surface area contributed by atoms with E-state index in [4.69, 9.17) is 9.47 Å². The molecule has 0 N–H and O–H groups in total. The highest BCUT2D eigenvalue weighted by molar-refractivity contribution is 7.59. The Labute approximate surface area is 162 Å². The lowest BCUT2D eigenvalue weighted by atomic mass is 10.1. The Morgan fingerprint density at radius 3 is 2.62 bits per heavy atom. The predicted molar refractivity (Wildman–Crippen MR) is 108 cm³/mol. The van der Waals surface area contributed by atoms with E-state index in [2.05, 4.69) is 43.0 Å². The van der Waals surface area contributed by atoms with Crippen molar-refractivity contribution in [1.29, 1.82) is 0 Å². The number of ether oxygens (including phenoxy) is 2. The fourth-order valence-electron chi connectivity index (χ4n) is 3.19. The van der Waals surface area contributed by atoms with E-state index < -0.39 is 0 Å².